The van der Waals surface area contributed by atoms with E-state index in [0.29, 0.717) is 31.3 Å². The Bertz CT molecular complexity index is 1390. The fourth-order valence-corrected chi connectivity index (χ4v) is 5.36. The van der Waals surface area contributed by atoms with Gasteiger partial charge in [-0.1, -0.05) is 31.9 Å². The number of benzene rings is 2. The van der Waals surface area contributed by atoms with E-state index in [2.05, 4.69) is 32.3 Å². The molecule has 0 aliphatic heterocycles. The molecule has 0 radical (unpaired) electrons. The van der Waals surface area contributed by atoms with Gasteiger partial charge in [0, 0.05) is 29.6 Å². The zero-order chi connectivity index (χ0) is 25.8. The minimum Gasteiger partial charge on any atom is -0.494 e. The van der Waals surface area contributed by atoms with E-state index < -0.39 is 0 Å². The molecule has 1 atom stereocenters. The molecule has 8 nitrogen and oxygen atoms in total. The molecule has 0 bridgehead atoms. The van der Waals surface area contributed by atoms with E-state index in [9.17, 15) is 9.18 Å². The van der Waals surface area contributed by atoms with Gasteiger partial charge in [-0.25, -0.2) is 9.07 Å². The summed E-state index contributed by atoms with van der Waals surface area (Å²) in [6.07, 6.45) is 5.25. The van der Waals surface area contributed by atoms with Gasteiger partial charge in [0.2, 0.25) is 0 Å². The van der Waals surface area contributed by atoms with Gasteiger partial charge < -0.3 is 9.72 Å². The van der Waals surface area contributed by atoms with Crippen LogP contribution in [0.3, 0.4) is 0 Å². The molecule has 1 fully saturated rings. The number of halogens is 1. The van der Waals surface area contributed by atoms with Crippen LogP contribution in [0.15, 0.2) is 53.3 Å². The van der Waals surface area contributed by atoms with Gasteiger partial charge in [0.25, 0.3) is 5.56 Å². The molecule has 0 spiro atoms. The SMILES string of the molecule is CCOc1ccc2[nH]c(=O)c(CN(Cc3ccc(F)cc3)[C@H](CC)c3nnnn3C3CCCC3)cc2c1. The number of nitrogens with zero attached hydrogens (tertiary/aromatic N) is 5. The molecular formula is C28H33FN6O2. The van der Waals surface area contributed by atoms with Crippen molar-refractivity contribution in [2.45, 2.75) is 71.1 Å². The predicted molar refractivity (Wildman–Crippen MR) is 140 cm³/mol. The van der Waals surface area contributed by atoms with E-state index in [4.69, 9.17) is 4.74 Å². The van der Waals surface area contributed by atoms with Crippen molar-refractivity contribution in [3.63, 3.8) is 0 Å². The maximum absolute atomic E-state index is 13.6. The topological polar surface area (TPSA) is 88.9 Å². The van der Waals surface area contributed by atoms with Crippen LogP contribution in [0, 0.1) is 5.82 Å². The largest absolute Gasteiger partial charge is 0.494 e. The Balaban J connectivity index is 1.52. The maximum Gasteiger partial charge on any atom is 0.252 e. The summed E-state index contributed by atoms with van der Waals surface area (Å²) in [5.74, 6) is 1.30. The fourth-order valence-electron chi connectivity index (χ4n) is 5.36. The summed E-state index contributed by atoms with van der Waals surface area (Å²) >= 11 is 0. The van der Waals surface area contributed by atoms with E-state index in [1.54, 1.807) is 12.1 Å². The average Bonchev–Trinajstić information content (AvgIpc) is 3.59. The van der Waals surface area contributed by atoms with Crippen LogP contribution in [0.5, 0.6) is 5.75 Å². The molecule has 0 saturated heterocycles. The molecule has 1 aliphatic rings. The first-order valence-corrected chi connectivity index (χ1v) is 13.1. The molecule has 2 heterocycles. The van der Waals surface area contributed by atoms with Crippen molar-refractivity contribution in [3.05, 3.63) is 81.7 Å². The van der Waals surface area contributed by atoms with Crippen LogP contribution in [-0.4, -0.2) is 36.7 Å². The number of aromatic nitrogens is 5. The summed E-state index contributed by atoms with van der Waals surface area (Å²) in [7, 11) is 0. The van der Waals surface area contributed by atoms with Crippen LogP contribution in [0.25, 0.3) is 10.9 Å². The summed E-state index contributed by atoms with van der Waals surface area (Å²) in [6, 6.07) is 14.3. The van der Waals surface area contributed by atoms with Crippen molar-refractivity contribution in [1.82, 2.24) is 30.1 Å². The molecule has 194 valence electrons. The smallest absolute Gasteiger partial charge is 0.252 e. The molecule has 9 heteroatoms. The first-order chi connectivity index (χ1) is 18.1. The molecule has 4 aromatic rings. The lowest BCUT2D eigenvalue weighted by molar-refractivity contribution is 0.158. The molecule has 1 saturated carbocycles. The highest BCUT2D eigenvalue weighted by atomic mass is 19.1. The number of nitrogens with one attached hydrogen (secondary N) is 1. The molecule has 1 N–H and O–H groups in total. The standard InChI is InChI=1S/C28H33FN6O2/c1-3-26(27-31-32-33-35(27)23-7-5-6-8-23)34(17-19-9-11-22(29)12-10-19)18-21-15-20-16-24(37-4-2)13-14-25(20)30-28(21)36/h9-16,23,26H,3-8,17-18H2,1-2H3,(H,30,36)/t26-/m1/s1. The molecule has 1 aliphatic carbocycles. The summed E-state index contributed by atoms with van der Waals surface area (Å²) in [5.41, 5.74) is 2.22. The normalized spacial score (nSPS) is 15.0. The van der Waals surface area contributed by atoms with Gasteiger partial charge >= 0.3 is 0 Å². The highest BCUT2D eigenvalue weighted by molar-refractivity contribution is 5.80. The number of tetrazole rings is 1. The molecule has 2 aromatic heterocycles. The van der Waals surface area contributed by atoms with Crippen LogP contribution in [0.4, 0.5) is 4.39 Å². The van der Waals surface area contributed by atoms with E-state index >= 15 is 0 Å². The van der Waals surface area contributed by atoms with Gasteiger partial charge in [0.15, 0.2) is 5.82 Å². The molecule has 0 amide bonds. The minimum atomic E-state index is -0.274. The van der Waals surface area contributed by atoms with Gasteiger partial charge in [-0.05, 0) is 78.6 Å². The Morgan fingerprint density at radius 2 is 1.89 bits per heavy atom. The second kappa shape index (κ2) is 11.2. The average molecular weight is 505 g/mol. The fraction of sp³-hybridized carbons (Fsp3) is 0.429. The van der Waals surface area contributed by atoms with E-state index in [-0.39, 0.29) is 17.4 Å². The van der Waals surface area contributed by atoms with E-state index in [1.165, 1.54) is 25.0 Å². The lowest BCUT2D eigenvalue weighted by atomic mass is 10.1. The monoisotopic (exact) mass is 504 g/mol. The number of ether oxygens (including phenoxy) is 1. The van der Waals surface area contributed by atoms with Crippen LogP contribution < -0.4 is 10.3 Å². The summed E-state index contributed by atoms with van der Waals surface area (Å²) in [4.78, 5) is 18.4. The number of H-pyrrole nitrogens is 1. The van der Waals surface area contributed by atoms with Gasteiger partial charge in [0.05, 0.1) is 18.7 Å². The van der Waals surface area contributed by atoms with Crippen LogP contribution in [0.2, 0.25) is 0 Å². The van der Waals surface area contributed by atoms with Gasteiger partial charge in [-0.2, -0.15) is 0 Å². The third-order valence-corrected chi connectivity index (χ3v) is 7.19. The third-order valence-electron chi connectivity index (χ3n) is 7.19. The lowest BCUT2D eigenvalue weighted by Gasteiger charge is -2.31. The van der Waals surface area contributed by atoms with Crippen molar-refractivity contribution >= 4 is 10.9 Å². The van der Waals surface area contributed by atoms with Crippen molar-refractivity contribution < 1.29 is 9.13 Å². The van der Waals surface area contributed by atoms with Gasteiger partial charge in [-0.3, -0.25) is 9.69 Å². The summed E-state index contributed by atoms with van der Waals surface area (Å²) in [6.45, 7) is 5.53. The van der Waals surface area contributed by atoms with Crippen LogP contribution >= 0.6 is 0 Å². The van der Waals surface area contributed by atoms with Crippen molar-refractivity contribution in [2.75, 3.05) is 6.61 Å². The number of fused-ring (bicyclic) bond motifs is 1. The second-order valence-electron chi connectivity index (χ2n) is 9.68. The Morgan fingerprint density at radius 3 is 2.62 bits per heavy atom. The number of pyridine rings is 1. The summed E-state index contributed by atoms with van der Waals surface area (Å²) < 4.78 is 21.3. The van der Waals surface area contributed by atoms with Crippen molar-refractivity contribution in [3.8, 4) is 5.75 Å². The Morgan fingerprint density at radius 1 is 1.11 bits per heavy atom. The van der Waals surface area contributed by atoms with E-state index in [1.807, 2.05) is 35.9 Å². The Kier molecular flexibility index (Phi) is 7.60. The second-order valence-corrected chi connectivity index (χ2v) is 9.68. The lowest BCUT2D eigenvalue weighted by Crippen LogP contribution is -2.32. The summed E-state index contributed by atoms with van der Waals surface area (Å²) in [5, 5.41) is 13.8. The Hall–Kier alpha value is -3.59. The first kappa shape index (κ1) is 25.1. The maximum atomic E-state index is 13.6. The molecule has 0 unspecified atom stereocenters. The number of aromatic amines is 1. The molecular weight excluding hydrogens is 471 g/mol. The quantitative estimate of drug-likeness (QED) is 0.314. The Labute approximate surface area is 215 Å². The number of rotatable bonds is 10. The zero-order valence-electron chi connectivity index (χ0n) is 21.4. The highest BCUT2D eigenvalue weighted by Gasteiger charge is 2.29. The van der Waals surface area contributed by atoms with Gasteiger partial charge in [-0.15, -0.1) is 5.10 Å². The molecule has 37 heavy (non-hydrogen) atoms. The van der Waals surface area contributed by atoms with Crippen LogP contribution in [0.1, 0.15) is 75.0 Å². The number of hydrogen-bond donors (Lipinski definition) is 1. The zero-order valence-corrected chi connectivity index (χ0v) is 21.4. The minimum absolute atomic E-state index is 0.120. The number of hydrogen-bond acceptors (Lipinski definition) is 6. The third kappa shape index (κ3) is 5.56. The molecule has 5 rings (SSSR count). The van der Waals surface area contributed by atoms with E-state index in [0.717, 1.165) is 47.3 Å². The van der Waals surface area contributed by atoms with Crippen molar-refractivity contribution in [1.29, 1.82) is 0 Å². The predicted octanol–water partition coefficient (Wildman–Crippen LogP) is 5.32. The highest BCUT2D eigenvalue weighted by Crippen LogP contribution is 2.33. The van der Waals surface area contributed by atoms with Crippen LogP contribution in [-0.2, 0) is 13.1 Å². The molecule has 2 aromatic carbocycles. The van der Waals surface area contributed by atoms with Gasteiger partial charge in [0.1, 0.15) is 11.6 Å². The first-order valence-electron chi connectivity index (χ1n) is 13.1. The van der Waals surface area contributed by atoms with Crippen molar-refractivity contribution in [2.24, 2.45) is 0 Å².